The molecular weight excluding hydrogens is 448 g/mol. The van der Waals surface area contributed by atoms with Crippen LogP contribution >= 0.6 is 0 Å². The first-order valence-corrected chi connectivity index (χ1v) is 14.2. The van der Waals surface area contributed by atoms with E-state index >= 15 is 0 Å². The predicted molar refractivity (Wildman–Crippen MR) is 114 cm³/mol. The second kappa shape index (κ2) is 9.15. The van der Waals surface area contributed by atoms with Gasteiger partial charge in [0.1, 0.15) is 0 Å². The molecular formula is C19H24N2O6S3. The Balaban J connectivity index is 1.52. The molecule has 164 valence electrons. The summed E-state index contributed by atoms with van der Waals surface area (Å²) in [6.07, 6.45) is 1.74. The highest BCUT2D eigenvalue weighted by Crippen LogP contribution is 2.22. The smallest absolute Gasteiger partial charge is 0.228 e. The lowest BCUT2D eigenvalue weighted by Gasteiger charge is -2.09. The van der Waals surface area contributed by atoms with E-state index in [-0.39, 0.29) is 40.3 Å². The fraction of sp³-hybridized carbons (Fsp3) is 0.368. The highest BCUT2D eigenvalue weighted by molar-refractivity contribution is 7.90. The van der Waals surface area contributed by atoms with Gasteiger partial charge in [-0.2, -0.15) is 0 Å². The second-order valence-electron chi connectivity index (χ2n) is 7.20. The van der Waals surface area contributed by atoms with E-state index in [1.54, 1.807) is 30.3 Å². The molecule has 2 aromatic rings. The lowest BCUT2D eigenvalue weighted by Crippen LogP contribution is -2.27. The normalized spacial score (nSPS) is 15.2. The molecule has 0 unspecified atom stereocenters. The number of sulfone groups is 1. The summed E-state index contributed by atoms with van der Waals surface area (Å²) in [5.74, 6) is -0.236. The molecule has 1 saturated carbocycles. The number of nitrogens with one attached hydrogen (secondary N) is 2. The number of benzene rings is 2. The third-order valence-corrected chi connectivity index (χ3v) is 9.19. The molecule has 2 aromatic carbocycles. The van der Waals surface area contributed by atoms with Gasteiger partial charge in [-0.25, -0.2) is 34.7 Å². The molecule has 0 radical (unpaired) electrons. The average molecular weight is 473 g/mol. The maximum absolute atomic E-state index is 12.4. The van der Waals surface area contributed by atoms with Gasteiger partial charge in [0.15, 0.2) is 9.84 Å². The highest BCUT2D eigenvalue weighted by Gasteiger charge is 2.28. The largest absolute Gasteiger partial charge is 0.240 e. The molecule has 0 heterocycles. The molecule has 0 aliphatic heterocycles. The van der Waals surface area contributed by atoms with Gasteiger partial charge in [0.05, 0.1) is 21.3 Å². The van der Waals surface area contributed by atoms with Crippen molar-refractivity contribution in [3.05, 3.63) is 60.2 Å². The van der Waals surface area contributed by atoms with Crippen molar-refractivity contribution in [3.8, 4) is 0 Å². The van der Waals surface area contributed by atoms with Crippen LogP contribution in [0.15, 0.2) is 64.4 Å². The van der Waals surface area contributed by atoms with E-state index in [0.717, 1.165) is 12.8 Å². The van der Waals surface area contributed by atoms with Gasteiger partial charge >= 0.3 is 0 Å². The maximum atomic E-state index is 12.4. The van der Waals surface area contributed by atoms with Gasteiger partial charge in [0.25, 0.3) is 0 Å². The van der Waals surface area contributed by atoms with Crippen LogP contribution in [0.5, 0.6) is 0 Å². The minimum Gasteiger partial charge on any atom is -0.228 e. The molecule has 3 rings (SSSR count). The molecule has 0 saturated heterocycles. The Kier molecular flexibility index (Phi) is 6.98. The van der Waals surface area contributed by atoms with Crippen molar-refractivity contribution in [2.45, 2.75) is 40.8 Å². The zero-order valence-corrected chi connectivity index (χ0v) is 18.6. The van der Waals surface area contributed by atoms with Gasteiger partial charge < -0.3 is 0 Å². The van der Waals surface area contributed by atoms with Crippen molar-refractivity contribution in [2.24, 2.45) is 0 Å². The molecule has 8 nitrogen and oxygen atoms in total. The summed E-state index contributed by atoms with van der Waals surface area (Å²) in [5.41, 5.74) is 0.685. The van der Waals surface area contributed by atoms with Gasteiger partial charge in [0, 0.05) is 12.6 Å². The zero-order valence-electron chi connectivity index (χ0n) is 16.2. The highest BCUT2D eigenvalue weighted by atomic mass is 32.2. The summed E-state index contributed by atoms with van der Waals surface area (Å²) in [7, 11) is -10.9. The first-order chi connectivity index (χ1) is 14.1. The van der Waals surface area contributed by atoms with Crippen LogP contribution in [0, 0.1) is 0 Å². The lowest BCUT2D eigenvalue weighted by molar-refractivity contribution is 0.575. The van der Waals surface area contributed by atoms with Gasteiger partial charge in [-0.1, -0.05) is 30.3 Å². The predicted octanol–water partition coefficient (Wildman–Crippen LogP) is 1.41. The molecule has 0 atom stereocenters. The van der Waals surface area contributed by atoms with Crippen LogP contribution in [-0.2, 0) is 35.6 Å². The van der Waals surface area contributed by atoms with Gasteiger partial charge in [0.2, 0.25) is 20.0 Å². The molecule has 11 heteroatoms. The van der Waals surface area contributed by atoms with E-state index in [1.165, 1.54) is 24.3 Å². The Labute approximate surface area is 177 Å². The summed E-state index contributed by atoms with van der Waals surface area (Å²) < 4.78 is 78.3. The quantitative estimate of drug-likeness (QED) is 0.476. The van der Waals surface area contributed by atoms with Gasteiger partial charge in [-0.05, 0) is 49.1 Å². The van der Waals surface area contributed by atoms with Crippen molar-refractivity contribution in [1.29, 1.82) is 0 Å². The first-order valence-electron chi connectivity index (χ1n) is 9.44. The van der Waals surface area contributed by atoms with E-state index < -0.39 is 29.9 Å². The van der Waals surface area contributed by atoms with Crippen LogP contribution in [0.1, 0.15) is 24.8 Å². The molecule has 1 fully saturated rings. The Morgan fingerprint density at radius 1 is 0.767 bits per heavy atom. The van der Waals surface area contributed by atoms with Crippen LogP contribution in [0.25, 0.3) is 0 Å². The first kappa shape index (κ1) is 22.9. The molecule has 0 bridgehead atoms. The third-order valence-electron chi connectivity index (χ3n) is 4.50. The van der Waals surface area contributed by atoms with E-state index in [4.69, 9.17) is 0 Å². The van der Waals surface area contributed by atoms with Gasteiger partial charge in [-0.15, -0.1) is 0 Å². The van der Waals surface area contributed by atoms with Crippen LogP contribution in [0.4, 0.5) is 0 Å². The standard InChI is InChI=1S/C19H24N2O6S3/c22-28(23,15-16-5-2-1-3-6-16)14-4-13-20-29(24,25)18-9-11-19(12-10-18)30(26,27)21-17-7-8-17/h1-3,5-6,9-12,17,20-21H,4,7-8,13-15H2. The molecule has 0 aromatic heterocycles. The average Bonchev–Trinajstić information content (AvgIpc) is 3.49. The molecule has 1 aliphatic carbocycles. The monoisotopic (exact) mass is 472 g/mol. The van der Waals surface area contributed by atoms with Gasteiger partial charge in [-0.3, -0.25) is 0 Å². The van der Waals surface area contributed by atoms with Crippen molar-refractivity contribution in [3.63, 3.8) is 0 Å². The number of hydrogen-bond acceptors (Lipinski definition) is 6. The van der Waals surface area contributed by atoms with E-state index in [2.05, 4.69) is 9.44 Å². The van der Waals surface area contributed by atoms with Crippen molar-refractivity contribution in [2.75, 3.05) is 12.3 Å². The van der Waals surface area contributed by atoms with Crippen LogP contribution in [0.2, 0.25) is 0 Å². The Bertz CT molecular complexity index is 1170. The maximum Gasteiger partial charge on any atom is 0.240 e. The minimum absolute atomic E-state index is 0.000329. The van der Waals surface area contributed by atoms with Crippen LogP contribution < -0.4 is 9.44 Å². The van der Waals surface area contributed by atoms with Crippen molar-refractivity contribution >= 4 is 29.9 Å². The van der Waals surface area contributed by atoms with E-state index in [0.29, 0.717) is 5.56 Å². The minimum atomic E-state index is -3.87. The SMILES string of the molecule is O=S(=O)(CCCNS(=O)(=O)c1ccc(S(=O)(=O)NC2CC2)cc1)Cc1ccccc1. The summed E-state index contributed by atoms with van der Waals surface area (Å²) in [6, 6.07) is 13.7. The molecule has 30 heavy (non-hydrogen) atoms. The van der Waals surface area contributed by atoms with E-state index in [1.807, 2.05) is 0 Å². The Morgan fingerprint density at radius 2 is 1.33 bits per heavy atom. The fourth-order valence-electron chi connectivity index (χ4n) is 2.77. The topological polar surface area (TPSA) is 126 Å². The molecule has 1 aliphatic rings. The second-order valence-corrected chi connectivity index (χ2v) is 12.9. The number of rotatable bonds is 11. The summed E-state index contributed by atoms with van der Waals surface area (Å²) in [6.45, 7) is -0.0420. The van der Waals surface area contributed by atoms with E-state index in [9.17, 15) is 25.3 Å². The number of sulfonamides is 2. The molecule has 0 amide bonds. The lowest BCUT2D eigenvalue weighted by atomic mass is 10.2. The summed E-state index contributed by atoms with van der Waals surface area (Å²) in [4.78, 5) is -0.0830. The third kappa shape index (κ3) is 6.61. The Morgan fingerprint density at radius 3 is 1.90 bits per heavy atom. The van der Waals surface area contributed by atoms with Crippen molar-refractivity contribution < 1.29 is 25.3 Å². The zero-order chi connectivity index (χ0) is 21.8. The van der Waals surface area contributed by atoms with Crippen LogP contribution in [0.3, 0.4) is 0 Å². The van der Waals surface area contributed by atoms with Crippen LogP contribution in [-0.4, -0.2) is 43.6 Å². The molecule has 2 N–H and O–H groups in total. The molecule has 0 spiro atoms. The summed E-state index contributed by atoms with van der Waals surface area (Å²) >= 11 is 0. The van der Waals surface area contributed by atoms with Crippen molar-refractivity contribution in [1.82, 2.24) is 9.44 Å². The Hall–Kier alpha value is -1.79. The summed E-state index contributed by atoms with van der Waals surface area (Å²) in [5, 5.41) is 0. The fourth-order valence-corrected chi connectivity index (χ4v) is 6.58. The number of hydrogen-bond donors (Lipinski definition) is 2.